The number of fused-ring (bicyclic) bond motifs is 1. The first kappa shape index (κ1) is 12.5. The maximum absolute atomic E-state index is 5.74. The molecule has 0 aliphatic carbocycles. The van der Waals surface area contributed by atoms with Crippen LogP contribution >= 0.6 is 0 Å². The number of hydrogen-bond donors (Lipinski definition) is 1. The molecule has 0 spiro atoms. The van der Waals surface area contributed by atoms with Gasteiger partial charge in [-0.25, -0.2) is 4.98 Å². The van der Waals surface area contributed by atoms with Gasteiger partial charge in [-0.3, -0.25) is 4.40 Å². The number of benzene rings is 1. The standard InChI is InChI=1S/C16H18N4/c1-2-19(12-13-6-8-14(17)9-7-13)16-5-3-4-15-18-10-11-20(15)16/h3-11H,2,12,17H2,1H3. The topological polar surface area (TPSA) is 46.6 Å². The second kappa shape index (κ2) is 5.25. The number of nitrogens with zero attached hydrogens (tertiary/aromatic N) is 3. The molecule has 2 aromatic heterocycles. The van der Waals surface area contributed by atoms with E-state index in [1.165, 1.54) is 5.56 Å². The van der Waals surface area contributed by atoms with Crippen molar-refractivity contribution in [2.45, 2.75) is 13.5 Å². The molecule has 20 heavy (non-hydrogen) atoms. The van der Waals surface area contributed by atoms with Gasteiger partial charge >= 0.3 is 0 Å². The smallest absolute Gasteiger partial charge is 0.138 e. The van der Waals surface area contributed by atoms with Crippen molar-refractivity contribution in [2.75, 3.05) is 17.2 Å². The lowest BCUT2D eigenvalue weighted by Gasteiger charge is -2.24. The first-order valence-electron chi connectivity index (χ1n) is 6.79. The number of imidazole rings is 1. The number of pyridine rings is 1. The summed E-state index contributed by atoms with van der Waals surface area (Å²) >= 11 is 0. The van der Waals surface area contributed by atoms with Crippen LogP contribution < -0.4 is 10.6 Å². The number of anilines is 2. The number of nitrogen functional groups attached to an aromatic ring is 1. The van der Waals surface area contributed by atoms with Gasteiger partial charge in [0.2, 0.25) is 0 Å². The molecule has 4 heteroatoms. The molecule has 0 saturated heterocycles. The van der Waals surface area contributed by atoms with E-state index in [-0.39, 0.29) is 0 Å². The number of aromatic nitrogens is 2. The molecule has 3 aromatic rings. The molecule has 0 saturated carbocycles. The fraction of sp³-hybridized carbons (Fsp3) is 0.188. The highest BCUT2D eigenvalue weighted by Gasteiger charge is 2.09. The molecule has 0 aliphatic rings. The zero-order valence-corrected chi connectivity index (χ0v) is 11.5. The molecule has 102 valence electrons. The largest absolute Gasteiger partial charge is 0.399 e. The predicted octanol–water partition coefficient (Wildman–Crippen LogP) is 2.94. The molecule has 4 nitrogen and oxygen atoms in total. The summed E-state index contributed by atoms with van der Waals surface area (Å²) in [6.45, 7) is 3.95. The molecule has 0 atom stereocenters. The van der Waals surface area contributed by atoms with Crippen LogP contribution in [-0.4, -0.2) is 15.9 Å². The van der Waals surface area contributed by atoms with Gasteiger partial charge in [-0.15, -0.1) is 0 Å². The highest BCUT2D eigenvalue weighted by molar-refractivity contribution is 5.52. The highest BCUT2D eigenvalue weighted by atomic mass is 15.2. The van der Waals surface area contributed by atoms with E-state index in [0.717, 1.165) is 30.2 Å². The van der Waals surface area contributed by atoms with E-state index in [9.17, 15) is 0 Å². The molecule has 0 aliphatic heterocycles. The summed E-state index contributed by atoms with van der Waals surface area (Å²) in [5, 5.41) is 0. The molecule has 1 aromatic carbocycles. The van der Waals surface area contributed by atoms with Crippen molar-refractivity contribution in [1.82, 2.24) is 9.38 Å². The van der Waals surface area contributed by atoms with E-state index in [1.807, 2.05) is 36.7 Å². The average Bonchev–Trinajstić information content (AvgIpc) is 2.95. The Balaban J connectivity index is 1.93. The van der Waals surface area contributed by atoms with Crippen LogP contribution in [-0.2, 0) is 6.54 Å². The van der Waals surface area contributed by atoms with Gasteiger partial charge in [-0.05, 0) is 36.8 Å². The van der Waals surface area contributed by atoms with Crippen LogP contribution in [0.3, 0.4) is 0 Å². The van der Waals surface area contributed by atoms with Gasteiger partial charge in [-0.2, -0.15) is 0 Å². The normalized spacial score (nSPS) is 10.8. The van der Waals surface area contributed by atoms with Gasteiger partial charge in [0.1, 0.15) is 11.5 Å². The summed E-state index contributed by atoms with van der Waals surface area (Å²) in [7, 11) is 0. The molecule has 3 rings (SSSR count). The van der Waals surface area contributed by atoms with E-state index in [2.05, 4.69) is 39.4 Å². The Labute approximate surface area is 118 Å². The van der Waals surface area contributed by atoms with Crippen LogP contribution in [0.1, 0.15) is 12.5 Å². The van der Waals surface area contributed by atoms with Crippen molar-refractivity contribution >= 4 is 17.2 Å². The van der Waals surface area contributed by atoms with Crippen molar-refractivity contribution in [3.05, 3.63) is 60.4 Å². The maximum Gasteiger partial charge on any atom is 0.138 e. The quantitative estimate of drug-likeness (QED) is 0.738. The van der Waals surface area contributed by atoms with Crippen molar-refractivity contribution in [2.24, 2.45) is 0 Å². The van der Waals surface area contributed by atoms with Crippen LogP contribution in [0.15, 0.2) is 54.9 Å². The Morgan fingerprint density at radius 2 is 1.95 bits per heavy atom. The average molecular weight is 266 g/mol. The molecule has 0 radical (unpaired) electrons. The van der Waals surface area contributed by atoms with E-state index in [0.29, 0.717) is 0 Å². The Bertz CT molecular complexity index is 700. The Hall–Kier alpha value is -2.49. The lowest BCUT2D eigenvalue weighted by Crippen LogP contribution is -2.24. The lowest BCUT2D eigenvalue weighted by atomic mass is 10.2. The molecule has 2 N–H and O–H groups in total. The zero-order chi connectivity index (χ0) is 13.9. The summed E-state index contributed by atoms with van der Waals surface area (Å²) < 4.78 is 2.11. The van der Waals surface area contributed by atoms with E-state index < -0.39 is 0 Å². The predicted molar refractivity (Wildman–Crippen MR) is 82.8 cm³/mol. The van der Waals surface area contributed by atoms with Crippen molar-refractivity contribution in [3.63, 3.8) is 0 Å². The van der Waals surface area contributed by atoms with Crippen molar-refractivity contribution in [1.29, 1.82) is 0 Å². The summed E-state index contributed by atoms with van der Waals surface area (Å²) in [5.74, 6) is 1.15. The molecule has 0 bridgehead atoms. The van der Waals surface area contributed by atoms with Gasteiger partial charge in [0.15, 0.2) is 0 Å². The second-order valence-corrected chi connectivity index (χ2v) is 4.80. The summed E-state index contributed by atoms with van der Waals surface area (Å²) in [6, 6.07) is 14.2. The maximum atomic E-state index is 5.74. The Morgan fingerprint density at radius 1 is 1.15 bits per heavy atom. The zero-order valence-electron chi connectivity index (χ0n) is 11.5. The number of nitrogens with two attached hydrogens (primary N) is 1. The second-order valence-electron chi connectivity index (χ2n) is 4.80. The molecule has 0 unspecified atom stereocenters. The van der Waals surface area contributed by atoms with E-state index >= 15 is 0 Å². The van der Waals surface area contributed by atoms with Crippen molar-refractivity contribution < 1.29 is 0 Å². The van der Waals surface area contributed by atoms with Crippen LogP contribution in [0, 0.1) is 0 Å². The third-order valence-corrected chi connectivity index (χ3v) is 3.47. The van der Waals surface area contributed by atoms with Crippen molar-refractivity contribution in [3.8, 4) is 0 Å². The van der Waals surface area contributed by atoms with Crippen LogP contribution in [0.25, 0.3) is 5.65 Å². The van der Waals surface area contributed by atoms with Crippen LogP contribution in [0.2, 0.25) is 0 Å². The van der Waals surface area contributed by atoms with Crippen LogP contribution in [0.4, 0.5) is 11.5 Å². The Morgan fingerprint density at radius 3 is 2.70 bits per heavy atom. The molecule has 0 amide bonds. The Kier molecular flexibility index (Phi) is 3.29. The lowest BCUT2D eigenvalue weighted by molar-refractivity contribution is 0.804. The minimum Gasteiger partial charge on any atom is -0.399 e. The first-order chi connectivity index (χ1) is 9.78. The van der Waals surface area contributed by atoms with Gasteiger partial charge in [0, 0.05) is 31.2 Å². The number of hydrogen-bond acceptors (Lipinski definition) is 3. The molecular weight excluding hydrogens is 248 g/mol. The molecular formula is C16H18N4. The van der Waals surface area contributed by atoms with Gasteiger partial charge < -0.3 is 10.6 Å². The number of rotatable bonds is 4. The fourth-order valence-corrected chi connectivity index (χ4v) is 2.39. The van der Waals surface area contributed by atoms with Crippen LogP contribution in [0.5, 0.6) is 0 Å². The summed E-state index contributed by atoms with van der Waals surface area (Å²) in [6.07, 6.45) is 3.83. The molecule has 0 fully saturated rings. The van der Waals surface area contributed by atoms with E-state index in [1.54, 1.807) is 0 Å². The van der Waals surface area contributed by atoms with Gasteiger partial charge in [-0.1, -0.05) is 18.2 Å². The third kappa shape index (κ3) is 2.32. The highest BCUT2D eigenvalue weighted by Crippen LogP contribution is 2.19. The monoisotopic (exact) mass is 266 g/mol. The first-order valence-corrected chi connectivity index (χ1v) is 6.79. The third-order valence-electron chi connectivity index (χ3n) is 3.47. The minimum absolute atomic E-state index is 0.800. The van der Waals surface area contributed by atoms with Gasteiger partial charge in [0.25, 0.3) is 0 Å². The summed E-state index contributed by atoms with van der Waals surface area (Å²) in [5.41, 5.74) is 8.75. The molecule has 2 heterocycles. The SMILES string of the molecule is CCN(Cc1ccc(N)cc1)c1cccc2nccn12. The fourth-order valence-electron chi connectivity index (χ4n) is 2.39. The minimum atomic E-state index is 0.800. The summed E-state index contributed by atoms with van der Waals surface area (Å²) in [4.78, 5) is 6.65. The van der Waals surface area contributed by atoms with E-state index in [4.69, 9.17) is 5.73 Å². The van der Waals surface area contributed by atoms with Gasteiger partial charge in [0.05, 0.1) is 0 Å².